The van der Waals surface area contributed by atoms with Crippen LogP contribution in [0.1, 0.15) is 75.5 Å². The van der Waals surface area contributed by atoms with Gasteiger partial charge in [0.15, 0.2) is 0 Å². The fourth-order valence-electron chi connectivity index (χ4n) is 8.41. The topological polar surface area (TPSA) is 109 Å². The van der Waals surface area contributed by atoms with Crippen molar-refractivity contribution in [1.82, 2.24) is 4.72 Å². The van der Waals surface area contributed by atoms with Crippen LogP contribution >= 0.6 is 11.6 Å². The first-order valence-corrected chi connectivity index (χ1v) is 18.9. The minimum atomic E-state index is -4.31. The molecule has 2 aromatic carbocycles. The molecule has 0 unspecified atom stereocenters. The van der Waals surface area contributed by atoms with Crippen LogP contribution in [0.3, 0.4) is 0 Å². The number of hydrogen-bond donors (Lipinski definition) is 1. The summed E-state index contributed by atoms with van der Waals surface area (Å²) in [5, 5.41) is 11.0. The van der Waals surface area contributed by atoms with Gasteiger partial charge in [0, 0.05) is 36.6 Å². The Morgan fingerprint density at radius 2 is 1.94 bits per heavy atom. The van der Waals surface area contributed by atoms with Gasteiger partial charge in [-0.15, -0.1) is 0 Å². The van der Waals surface area contributed by atoms with Crippen molar-refractivity contribution < 1.29 is 22.7 Å². The monoisotopic (exact) mass is 677 g/mol. The number of halogens is 1. The van der Waals surface area contributed by atoms with Crippen LogP contribution in [0.4, 0.5) is 5.69 Å². The number of benzene rings is 2. The van der Waals surface area contributed by atoms with Crippen molar-refractivity contribution in [2.24, 2.45) is 23.7 Å². The van der Waals surface area contributed by atoms with Gasteiger partial charge < -0.3 is 14.4 Å². The zero-order chi connectivity index (χ0) is 33.1. The van der Waals surface area contributed by atoms with E-state index in [1.54, 1.807) is 26.2 Å². The molecule has 0 aromatic heterocycles. The van der Waals surface area contributed by atoms with Crippen molar-refractivity contribution in [3.8, 4) is 11.8 Å². The smallest absolute Gasteiger partial charge is 0.264 e. The second kappa shape index (κ2) is 12.1. The van der Waals surface area contributed by atoms with E-state index in [2.05, 4.69) is 40.0 Å². The lowest BCUT2D eigenvalue weighted by Gasteiger charge is -2.46. The third-order valence-corrected chi connectivity index (χ3v) is 13.5. The highest BCUT2D eigenvalue weighted by Crippen LogP contribution is 2.54. The number of allylic oxidation sites excluding steroid dienone is 1. The third kappa shape index (κ3) is 5.74. The van der Waals surface area contributed by atoms with E-state index < -0.39 is 27.3 Å². The molecular formula is C37H44ClN3O5S. The summed E-state index contributed by atoms with van der Waals surface area (Å²) in [6.45, 7) is 5.52. The van der Waals surface area contributed by atoms with Crippen molar-refractivity contribution in [3.63, 3.8) is 0 Å². The third-order valence-electron chi connectivity index (χ3n) is 11.9. The number of sulfonamides is 1. The number of amides is 1. The summed E-state index contributed by atoms with van der Waals surface area (Å²) in [5.41, 5.74) is 2.31. The molecular weight excluding hydrogens is 634 g/mol. The summed E-state index contributed by atoms with van der Waals surface area (Å²) < 4.78 is 43.6. The number of nitriles is 1. The van der Waals surface area contributed by atoms with Crippen LogP contribution < -0.4 is 14.4 Å². The largest absolute Gasteiger partial charge is 0.490 e. The number of nitrogens with zero attached hydrogens (tertiary/aromatic N) is 2. The maximum absolute atomic E-state index is 14.2. The molecule has 1 N–H and O–H groups in total. The molecule has 2 fully saturated rings. The number of rotatable bonds is 2. The number of fused-ring (bicyclic) bond motifs is 4. The maximum Gasteiger partial charge on any atom is 0.264 e. The first-order chi connectivity index (χ1) is 22.5. The number of nitrogens with one attached hydrogen (secondary N) is 1. The molecule has 2 aliphatic heterocycles. The number of methoxy groups -OCH3 is 1. The molecule has 2 heterocycles. The lowest BCUT2D eigenvalue weighted by Crippen LogP contribution is -2.49. The van der Waals surface area contributed by atoms with Gasteiger partial charge in [-0.05, 0) is 110 Å². The molecule has 7 rings (SSSR count). The summed E-state index contributed by atoms with van der Waals surface area (Å²) in [6, 6.07) is 12.0. The van der Waals surface area contributed by atoms with Gasteiger partial charge in [0.05, 0.1) is 34.8 Å². The molecule has 47 heavy (non-hydrogen) atoms. The van der Waals surface area contributed by atoms with E-state index in [4.69, 9.17) is 21.1 Å². The average molecular weight is 678 g/mol. The summed E-state index contributed by atoms with van der Waals surface area (Å²) in [6.07, 6.45) is 10.9. The molecule has 5 aliphatic rings. The second-order valence-corrected chi connectivity index (χ2v) is 16.8. The molecule has 0 saturated heterocycles. The fraction of sp³-hybridized carbons (Fsp3) is 0.568. The zero-order valence-electron chi connectivity index (χ0n) is 27.4. The number of carbonyl (C=O) groups is 1. The van der Waals surface area contributed by atoms with Crippen molar-refractivity contribution in [2.75, 3.05) is 31.7 Å². The second-order valence-electron chi connectivity index (χ2n) is 14.7. The van der Waals surface area contributed by atoms with Crippen molar-refractivity contribution in [2.45, 2.75) is 87.0 Å². The standard InChI is InChI=1S/C37H44ClN3O5S/c1-23-6-4-8-32(45-3)28-11-9-26(28)19-41-21-37(13-5-7-25-16-27(38)10-12-29(25)37)22-46-33-17-30(36(20-39)14-15-36)34(18-31(33)41)47(43,44)40-35(42)24(23)2/h4,8,10,12,16-18,23-24,26,28,32H,5-7,9,11,13-15,19,21-22H2,1-3H3,(H,40,42)/b8-4+/t23-,24+,26-,28+,32-,37-/m0/s1. The molecule has 0 radical (unpaired) electrons. The van der Waals surface area contributed by atoms with Gasteiger partial charge >= 0.3 is 0 Å². The normalized spacial score (nSPS) is 33.1. The Morgan fingerprint density at radius 1 is 1.13 bits per heavy atom. The van der Waals surface area contributed by atoms with Crippen LogP contribution in [0.15, 0.2) is 47.4 Å². The fourth-order valence-corrected chi connectivity index (χ4v) is 9.97. The Hall–Kier alpha value is -3.06. The molecule has 250 valence electrons. The minimum Gasteiger partial charge on any atom is -0.490 e. The van der Waals surface area contributed by atoms with E-state index in [9.17, 15) is 18.5 Å². The summed E-state index contributed by atoms with van der Waals surface area (Å²) >= 11 is 6.45. The first-order valence-electron chi connectivity index (χ1n) is 17.0. The van der Waals surface area contributed by atoms with Gasteiger partial charge in [0.1, 0.15) is 5.75 Å². The Balaban J connectivity index is 1.40. The van der Waals surface area contributed by atoms with Crippen LogP contribution in [-0.2, 0) is 36.8 Å². The van der Waals surface area contributed by atoms with Crippen molar-refractivity contribution >= 4 is 33.2 Å². The first kappa shape index (κ1) is 32.5. The van der Waals surface area contributed by atoms with Crippen molar-refractivity contribution in [3.05, 3.63) is 64.2 Å². The summed E-state index contributed by atoms with van der Waals surface area (Å²) in [7, 11) is -2.55. The maximum atomic E-state index is 14.2. The molecule has 1 amide bonds. The molecule has 1 spiro atoms. The van der Waals surface area contributed by atoms with E-state index in [1.807, 2.05) is 13.0 Å². The zero-order valence-corrected chi connectivity index (χ0v) is 29.0. The number of ether oxygens (including phenoxy) is 2. The Kier molecular flexibility index (Phi) is 8.38. The lowest BCUT2D eigenvalue weighted by molar-refractivity contribution is -0.124. The van der Waals surface area contributed by atoms with Crippen LogP contribution in [-0.4, -0.2) is 47.2 Å². The average Bonchev–Trinajstić information content (AvgIpc) is 3.85. The molecule has 2 aromatic rings. The van der Waals surface area contributed by atoms with Gasteiger partial charge in [-0.1, -0.05) is 43.7 Å². The highest BCUT2D eigenvalue weighted by molar-refractivity contribution is 7.90. The van der Waals surface area contributed by atoms with Crippen LogP contribution in [0.2, 0.25) is 5.02 Å². The lowest BCUT2D eigenvalue weighted by atomic mass is 9.68. The van der Waals surface area contributed by atoms with Crippen LogP contribution in [0.25, 0.3) is 0 Å². The van der Waals surface area contributed by atoms with Gasteiger partial charge in [0.25, 0.3) is 10.0 Å². The van der Waals surface area contributed by atoms with Gasteiger partial charge in [-0.2, -0.15) is 5.26 Å². The number of aryl methyl sites for hydroxylation is 1. The Morgan fingerprint density at radius 3 is 2.64 bits per heavy atom. The SMILES string of the molecule is CO[C@H]1/C=C/C[C@H](C)[C@@H](C)C(=O)NS(=O)(=O)c2cc3c(cc2C2(C#N)CC2)OC[C@]2(CCCc4cc(Cl)ccc42)CN3C[C@@H]2CC[C@H]21. The van der Waals surface area contributed by atoms with Crippen LogP contribution in [0.5, 0.6) is 5.75 Å². The van der Waals surface area contributed by atoms with Gasteiger partial charge in [0.2, 0.25) is 5.91 Å². The number of carbonyl (C=O) groups excluding carboxylic acids is 1. The highest BCUT2D eigenvalue weighted by atomic mass is 35.5. The molecule has 6 atom stereocenters. The predicted molar refractivity (Wildman–Crippen MR) is 181 cm³/mol. The van der Waals surface area contributed by atoms with E-state index >= 15 is 0 Å². The molecule has 10 heteroatoms. The van der Waals surface area contributed by atoms with E-state index in [-0.39, 0.29) is 22.3 Å². The number of hydrogen-bond acceptors (Lipinski definition) is 7. The van der Waals surface area contributed by atoms with Gasteiger partial charge in [-0.3, -0.25) is 4.79 Å². The highest BCUT2D eigenvalue weighted by Gasteiger charge is 2.50. The van der Waals surface area contributed by atoms with Gasteiger partial charge in [-0.25, -0.2) is 13.1 Å². The molecule has 2 saturated carbocycles. The van der Waals surface area contributed by atoms with Crippen LogP contribution in [0, 0.1) is 35.0 Å². The Labute approximate surface area is 283 Å². The van der Waals surface area contributed by atoms with E-state index in [1.165, 1.54) is 11.1 Å². The molecule has 2 bridgehead atoms. The molecule has 8 nitrogen and oxygen atoms in total. The summed E-state index contributed by atoms with van der Waals surface area (Å²) in [5.74, 6) is 0.0576. The minimum absolute atomic E-state index is 0.00389. The predicted octanol–water partition coefficient (Wildman–Crippen LogP) is 6.45. The van der Waals surface area contributed by atoms with Crippen molar-refractivity contribution in [1.29, 1.82) is 5.26 Å². The van der Waals surface area contributed by atoms with E-state index in [0.29, 0.717) is 67.8 Å². The molecule has 3 aliphatic carbocycles. The summed E-state index contributed by atoms with van der Waals surface area (Å²) in [4.78, 5) is 15.8. The number of anilines is 1. The Bertz CT molecular complexity index is 1770. The quantitative estimate of drug-likeness (QED) is 0.364. The van der Waals surface area contributed by atoms with E-state index in [0.717, 1.165) is 37.1 Å².